The number of amides is 2. The van der Waals surface area contributed by atoms with Crippen molar-refractivity contribution in [3.63, 3.8) is 0 Å². The van der Waals surface area contributed by atoms with Crippen molar-refractivity contribution in [1.29, 1.82) is 0 Å². The molecule has 2 amide bonds. The van der Waals surface area contributed by atoms with Crippen LogP contribution >= 0.6 is 0 Å². The topological polar surface area (TPSA) is 41.1 Å². The van der Waals surface area contributed by atoms with Crippen LogP contribution < -0.4 is 10.6 Å². The highest BCUT2D eigenvalue weighted by atomic mass is 16.2. The van der Waals surface area contributed by atoms with Crippen LogP contribution in [0.25, 0.3) is 0 Å². The molecule has 21 heavy (non-hydrogen) atoms. The van der Waals surface area contributed by atoms with E-state index in [4.69, 9.17) is 0 Å². The van der Waals surface area contributed by atoms with Gasteiger partial charge in [-0.05, 0) is 86.5 Å². The number of urea groups is 1. The molecule has 0 saturated heterocycles. The summed E-state index contributed by atoms with van der Waals surface area (Å²) in [4.78, 5) is 12.1. The molecule has 2 fully saturated rings. The Balaban J connectivity index is 1.31. The van der Waals surface area contributed by atoms with Gasteiger partial charge in [-0.25, -0.2) is 4.79 Å². The summed E-state index contributed by atoms with van der Waals surface area (Å²) < 4.78 is 0. The third kappa shape index (κ3) is 2.78. The number of nitrogens with one attached hydrogen (secondary N) is 2. The lowest BCUT2D eigenvalue weighted by Gasteiger charge is -2.29. The second kappa shape index (κ2) is 5.04. The van der Waals surface area contributed by atoms with Gasteiger partial charge in [-0.3, -0.25) is 0 Å². The van der Waals surface area contributed by atoms with E-state index in [1.165, 1.54) is 49.7 Å². The normalized spacial score (nSPS) is 22.9. The summed E-state index contributed by atoms with van der Waals surface area (Å²) in [6.45, 7) is 0. The first-order chi connectivity index (χ1) is 10.2. The van der Waals surface area contributed by atoms with Gasteiger partial charge < -0.3 is 10.6 Å². The summed E-state index contributed by atoms with van der Waals surface area (Å²) >= 11 is 0. The van der Waals surface area contributed by atoms with Gasteiger partial charge in [-0.15, -0.1) is 0 Å². The quantitative estimate of drug-likeness (QED) is 0.846. The van der Waals surface area contributed by atoms with E-state index >= 15 is 0 Å². The smallest absolute Gasteiger partial charge is 0.319 e. The van der Waals surface area contributed by atoms with E-state index in [2.05, 4.69) is 22.8 Å². The van der Waals surface area contributed by atoms with Gasteiger partial charge in [-0.2, -0.15) is 0 Å². The Hall–Kier alpha value is -1.51. The minimum Gasteiger partial charge on any atom is -0.335 e. The number of aryl methyl sites for hydroxylation is 2. The molecular weight excluding hydrogens is 260 g/mol. The number of anilines is 1. The van der Waals surface area contributed by atoms with Crippen LogP contribution in [0.15, 0.2) is 18.2 Å². The van der Waals surface area contributed by atoms with Crippen LogP contribution in [-0.4, -0.2) is 12.1 Å². The summed E-state index contributed by atoms with van der Waals surface area (Å²) in [6, 6.07) is 6.66. The molecule has 0 aliphatic heterocycles. The van der Waals surface area contributed by atoms with E-state index in [0.717, 1.165) is 24.9 Å². The first-order valence-electron chi connectivity index (χ1n) is 8.42. The zero-order valence-electron chi connectivity index (χ0n) is 12.6. The molecule has 2 saturated carbocycles. The molecule has 0 aromatic heterocycles. The van der Waals surface area contributed by atoms with Gasteiger partial charge in [0.25, 0.3) is 0 Å². The molecule has 3 aliphatic carbocycles. The molecule has 1 aromatic rings. The van der Waals surface area contributed by atoms with Crippen LogP contribution in [0.2, 0.25) is 0 Å². The zero-order chi connectivity index (χ0) is 14.3. The second-order valence-corrected chi connectivity index (χ2v) is 7.21. The lowest BCUT2D eigenvalue weighted by atomic mass is 9.83. The minimum absolute atomic E-state index is 0.0373. The maximum atomic E-state index is 12.1. The molecular formula is C18H24N2O. The van der Waals surface area contributed by atoms with Gasteiger partial charge in [0, 0.05) is 11.7 Å². The first kappa shape index (κ1) is 13.2. The van der Waals surface area contributed by atoms with E-state index in [1.54, 1.807) is 0 Å². The molecule has 1 aromatic carbocycles. The first-order valence-corrected chi connectivity index (χ1v) is 8.42. The van der Waals surface area contributed by atoms with Gasteiger partial charge in [-0.1, -0.05) is 6.07 Å². The maximum absolute atomic E-state index is 12.1. The Kier molecular flexibility index (Phi) is 3.16. The average Bonchev–Trinajstić information content (AvgIpc) is 3.07. The highest BCUT2D eigenvalue weighted by Crippen LogP contribution is 2.56. The Bertz CT molecular complexity index is 552. The third-order valence-electron chi connectivity index (χ3n) is 5.69. The minimum atomic E-state index is -0.0373. The highest BCUT2D eigenvalue weighted by molar-refractivity contribution is 5.89. The molecule has 3 heteroatoms. The highest BCUT2D eigenvalue weighted by Gasteiger charge is 2.44. The lowest BCUT2D eigenvalue weighted by molar-refractivity contribution is 0.234. The maximum Gasteiger partial charge on any atom is 0.319 e. The van der Waals surface area contributed by atoms with Crippen molar-refractivity contribution in [2.24, 2.45) is 5.41 Å². The molecule has 0 bridgehead atoms. The number of rotatable bonds is 2. The van der Waals surface area contributed by atoms with Crippen molar-refractivity contribution in [1.82, 2.24) is 5.32 Å². The monoisotopic (exact) mass is 284 g/mol. The van der Waals surface area contributed by atoms with E-state index in [1.807, 2.05) is 6.07 Å². The summed E-state index contributed by atoms with van der Waals surface area (Å²) in [6.07, 6.45) is 11.3. The lowest BCUT2D eigenvalue weighted by Crippen LogP contribution is -2.40. The van der Waals surface area contributed by atoms with Crippen molar-refractivity contribution < 1.29 is 4.79 Å². The van der Waals surface area contributed by atoms with Crippen molar-refractivity contribution in [2.75, 3.05) is 5.32 Å². The SMILES string of the molecule is O=C(Nc1ccc2c(c1)CCC2)NC1CCC2(CC1)CC2. The molecule has 4 rings (SSSR count). The van der Waals surface area contributed by atoms with E-state index in [9.17, 15) is 4.79 Å². The van der Waals surface area contributed by atoms with Crippen LogP contribution in [0, 0.1) is 5.41 Å². The number of carbonyl (C=O) groups excluding carboxylic acids is 1. The van der Waals surface area contributed by atoms with Crippen LogP contribution in [-0.2, 0) is 12.8 Å². The largest absolute Gasteiger partial charge is 0.335 e. The molecule has 0 radical (unpaired) electrons. The second-order valence-electron chi connectivity index (χ2n) is 7.21. The van der Waals surface area contributed by atoms with Gasteiger partial charge in [0.1, 0.15) is 0 Å². The fourth-order valence-corrected chi connectivity index (χ4v) is 4.05. The Morgan fingerprint density at radius 2 is 1.81 bits per heavy atom. The Morgan fingerprint density at radius 1 is 1.05 bits per heavy atom. The van der Waals surface area contributed by atoms with Gasteiger partial charge in [0.05, 0.1) is 0 Å². The van der Waals surface area contributed by atoms with E-state index in [0.29, 0.717) is 11.5 Å². The molecule has 0 atom stereocenters. The third-order valence-corrected chi connectivity index (χ3v) is 5.69. The Morgan fingerprint density at radius 3 is 2.57 bits per heavy atom. The molecule has 3 nitrogen and oxygen atoms in total. The molecule has 0 heterocycles. The van der Waals surface area contributed by atoms with Crippen LogP contribution in [0.1, 0.15) is 56.1 Å². The number of hydrogen-bond acceptors (Lipinski definition) is 1. The summed E-state index contributed by atoms with van der Waals surface area (Å²) in [5, 5.41) is 6.16. The molecule has 1 spiro atoms. The van der Waals surface area contributed by atoms with Gasteiger partial charge in [0.15, 0.2) is 0 Å². The predicted octanol–water partition coefficient (Wildman–Crippen LogP) is 4.02. The number of benzene rings is 1. The summed E-state index contributed by atoms with van der Waals surface area (Å²) in [5.74, 6) is 0. The molecule has 2 N–H and O–H groups in total. The molecule has 0 unspecified atom stereocenters. The number of fused-ring (bicyclic) bond motifs is 1. The van der Waals surface area contributed by atoms with E-state index < -0.39 is 0 Å². The van der Waals surface area contributed by atoms with Gasteiger partial charge in [0.2, 0.25) is 0 Å². The van der Waals surface area contributed by atoms with Crippen molar-refractivity contribution in [2.45, 2.75) is 63.8 Å². The standard InChI is InChI=1S/C18H24N2O/c21-17(19-15-6-8-18(9-7-15)10-11-18)20-16-5-4-13-2-1-3-14(13)12-16/h4-5,12,15H,1-3,6-11H2,(H2,19,20,21). The number of hydrogen-bond donors (Lipinski definition) is 2. The number of carbonyl (C=O) groups is 1. The van der Waals surface area contributed by atoms with Crippen LogP contribution in [0.4, 0.5) is 10.5 Å². The zero-order valence-corrected chi connectivity index (χ0v) is 12.6. The van der Waals surface area contributed by atoms with Crippen molar-refractivity contribution in [3.05, 3.63) is 29.3 Å². The Labute approximate surface area is 126 Å². The fraction of sp³-hybridized carbons (Fsp3) is 0.611. The van der Waals surface area contributed by atoms with Crippen molar-refractivity contribution in [3.8, 4) is 0 Å². The summed E-state index contributed by atoms with van der Waals surface area (Å²) in [7, 11) is 0. The van der Waals surface area contributed by atoms with Gasteiger partial charge >= 0.3 is 6.03 Å². The van der Waals surface area contributed by atoms with Crippen molar-refractivity contribution >= 4 is 11.7 Å². The van der Waals surface area contributed by atoms with Crippen LogP contribution in [0.3, 0.4) is 0 Å². The molecule has 112 valence electrons. The predicted molar refractivity (Wildman–Crippen MR) is 84.5 cm³/mol. The van der Waals surface area contributed by atoms with E-state index in [-0.39, 0.29) is 6.03 Å². The average molecular weight is 284 g/mol. The fourth-order valence-electron chi connectivity index (χ4n) is 4.05. The molecule has 3 aliphatic rings. The van der Waals surface area contributed by atoms with Crippen LogP contribution in [0.5, 0.6) is 0 Å². The summed E-state index contributed by atoms with van der Waals surface area (Å²) in [5.41, 5.74) is 4.47.